The number of aliphatic hydroxyl groups excluding tert-OH is 1. The molecule has 0 aliphatic carbocycles. The van der Waals surface area contributed by atoms with Gasteiger partial charge in [-0.2, -0.15) is 4.68 Å². The molecule has 0 bridgehead atoms. The first kappa shape index (κ1) is 20.4. The van der Waals surface area contributed by atoms with E-state index in [0.717, 1.165) is 24.3 Å². The normalized spacial score (nSPS) is 32.5. The van der Waals surface area contributed by atoms with E-state index >= 15 is 0 Å². The molecule has 0 unspecified atom stereocenters. The van der Waals surface area contributed by atoms with Gasteiger partial charge in [0.25, 0.3) is 0 Å². The average Bonchev–Trinajstić information content (AvgIpc) is 3.26. The van der Waals surface area contributed by atoms with Crippen LogP contribution in [-0.2, 0) is 30.1 Å². The van der Waals surface area contributed by atoms with Gasteiger partial charge in [-0.3, -0.25) is 4.79 Å². The number of rotatable bonds is 6. The summed E-state index contributed by atoms with van der Waals surface area (Å²) in [5.74, 6) is -1.91. The Kier molecular flexibility index (Phi) is 5.25. The molecule has 0 radical (unpaired) electrons. The Morgan fingerprint density at radius 2 is 2.21 bits per heavy atom. The molecule has 0 spiro atoms. The van der Waals surface area contributed by atoms with Crippen molar-refractivity contribution in [2.45, 2.75) is 50.1 Å². The predicted octanol–water partition coefficient (Wildman–Crippen LogP) is 0.00950. The molecule has 3 N–H and O–H groups in total. The number of amides is 1. The topological polar surface area (TPSA) is 98.7 Å². The van der Waals surface area contributed by atoms with Crippen LogP contribution in [0.25, 0.3) is 0 Å². The van der Waals surface area contributed by atoms with Crippen molar-refractivity contribution in [2.24, 2.45) is 25.9 Å². The number of thioether (sulfide) groups is 1. The SMILES string of the molecule is C[C@@H](O)[C@H]1C(=O)N2C(C(=O)O)=C(S[C@@H]3CN[C@H](Cc4cn(C)[n+](C)c4)C3)[C@H](C)[C@H]12. The van der Waals surface area contributed by atoms with E-state index in [1.807, 2.05) is 30.4 Å². The van der Waals surface area contributed by atoms with Crippen molar-refractivity contribution in [2.75, 3.05) is 6.54 Å². The third kappa shape index (κ3) is 3.39. The van der Waals surface area contributed by atoms with Gasteiger partial charge in [0.15, 0.2) is 13.2 Å². The number of β-lactam (4-membered cyclic amide) rings is 1. The minimum absolute atomic E-state index is 0.0735. The van der Waals surface area contributed by atoms with E-state index in [2.05, 4.69) is 17.7 Å². The number of aliphatic hydroxyl groups is 1. The molecule has 29 heavy (non-hydrogen) atoms. The number of aliphatic carboxylic acids is 1. The summed E-state index contributed by atoms with van der Waals surface area (Å²) in [4.78, 5) is 26.6. The fraction of sp³-hybridized carbons (Fsp3) is 0.650. The van der Waals surface area contributed by atoms with Crippen LogP contribution >= 0.6 is 11.8 Å². The lowest BCUT2D eigenvalue weighted by Gasteiger charge is -2.46. The van der Waals surface area contributed by atoms with Crippen LogP contribution in [-0.4, -0.2) is 61.7 Å². The van der Waals surface area contributed by atoms with Crippen LogP contribution in [0.5, 0.6) is 0 Å². The molecule has 0 saturated carbocycles. The summed E-state index contributed by atoms with van der Waals surface area (Å²) in [5.41, 5.74) is 1.39. The minimum Gasteiger partial charge on any atom is -0.477 e. The Morgan fingerprint density at radius 3 is 2.79 bits per heavy atom. The highest BCUT2D eigenvalue weighted by Gasteiger charge is 2.60. The Morgan fingerprint density at radius 1 is 1.48 bits per heavy atom. The first-order valence-electron chi connectivity index (χ1n) is 10.1. The summed E-state index contributed by atoms with van der Waals surface area (Å²) in [5, 5.41) is 23.6. The highest BCUT2D eigenvalue weighted by Crippen LogP contribution is 2.51. The quantitative estimate of drug-likeness (QED) is 0.442. The number of carboxylic acid groups (broad SMARTS) is 1. The summed E-state index contributed by atoms with van der Waals surface area (Å²) in [6.07, 6.45) is 5.36. The molecule has 1 aromatic rings. The molecule has 3 aliphatic rings. The molecule has 9 heteroatoms. The van der Waals surface area contributed by atoms with Crippen molar-refractivity contribution in [1.29, 1.82) is 0 Å². The molecule has 4 heterocycles. The first-order chi connectivity index (χ1) is 13.7. The van der Waals surface area contributed by atoms with Crippen molar-refractivity contribution in [1.82, 2.24) is 14.9 Å². The molecule has 2 saturated heterocycles. The van der Waals surface area contributed by atoms with Crippen LogP contribution in [0.3, 0.4) is 0 Å². The van der Waals surface area contributed by atoms with Crippen molar-refractivity contribution in [3.63, 3.8) is 0 Å². The van der Waals surface area contributed by atoms with E-state index in [0.29, 0.717) is 6.04 Å². The predicted molar refractivity (Wildman–Crippen MR) is 108 cm³/mol. The van der Waals surface area contributed by atoms with E-state index in [-0.39, 0.29) is 28.8 Å². The summed E-state index contributed by atoms with van der Waals surface area (Å²) in [6, 6.07) is 0.106. The lowest BCUT2D eigenvalue weighted by Crippen LogP contribution is -2.63. The zero-order chi connectivity index (χ0) is 21.0. The average molecular weight is 422 g/mol. The molecular weight excluding hydrogens is 392 g/mol. The number of carboxylic acids is 1. The molecule has 6 atom stereocenters. The number of nitrogens with one attached hydrogen (secondary N) is 1. The molecule has 3 aliphatic heterocycles. The summed E-state index contributed by atoms with van der Waals surface area (Å²) in [7, 11) is 4.02. The largest absolute Gasteiger partial charge is 0.477 e. The summed E-state index contributed by atoms with van der Waals surface area (Å²) in [6.45, 7) is 4.39. The monoisotopic (exact) mass is 421 g/mol. The van der Waals surface area contributed by atoms with Gasteiger partial charge in [-0.15, -0.1) is 16.4 Å². The molecule has 4 rings (SSSR count). The van der Waals surface area contributed by atoms with Gasteiger partial charge in [-0.05, 0) is 19.8 Å². The second kappa shape index (κ2) is 7.45. The zero-order valence-corrected chi connectivity index (χ0v) is 18.0. The number of hydrogen-bond acceptors (Lipinski definition) is 5. The zero-order valence-electron chi connectivity index (χ0n) is 17.2. The Balaban J connectivity index is 1.46. The van der Waals surface area contributed by atoms with E-state index in [9.17, 15) is 19.8 Å². The van der Waals surface area contributed by atoms with Crippen LogP contribution in [0.2, 0.25) is 0 Å². The number of fused-ring (bicyclic) bond motifs is 1. The summed E-state index contributed by atoms with van der Waals surface area (Å²) >= 11 is 1.60. The van der Waals surface area contributed by atoms with Crippen LogP contribution in [0.1, 0.15) is 25.8 Å². The van der Waals surface area contributed by atoms with Crippen LogP contribution in [0.15, 0.2) is 23.0 Å². The number of nitrogens with zero attached hydrogens (tertiary/aromatic N) is 3. The van der Waals surface area contributed by atoms with Gasteiger partial charge < -0.3 is 20.4 Å². The number of aryl methyl sites for hydroxylation is 2. The maximum absolute atomic E-state index is 12.5. The molecule has 1 amide bonds. The van der Waals surface area contributed by atoms with Gasteiger partial charge in [-0.1, -0.05) is 6.92 Å². The standard InChI is InChI=1S/C20H28N4O4S/c1-10-16-15(11(2)25)19(26)24(16)17(20(27)28)18(10)29-14-6-13(21-7-14)5-12-8-22(3)23(4)9-12/h8-11,13-16,21,25H,5-7H2,1-4H3/p+1/t10-,11-,13-,14+,15-,16-/m1/s1. The van der Waals surface area contributed by atoms with Crippen LogP contribution < -0.4 is 10.00 Å². The second-order valence-corrected chi connectivity index (χ2v) is 9.88. The fourth-order valence-corrected chi connectivity index (χ4v) is 6.49. The number of carbonyl (C=O) groups excluding carboxylic acids is 1. The van der Waals surface area contributed by atoms with Crippen molar-refractivity contribution >= 4 is 23.6 Å². The maximum Gasteiger partial charge on any atom is 0.353 e. The molecule has 2 fully saturated rings. The van der Waals surface area contributed by atoms with Crippen LogP contribution in [0, 0.1) is 11.8 Å². The lowest BCUT2D eigenvalue weighted by molar-refractivity contribution is -0.751. The maximum atomic E-state index is 12.5. The van der Waals surface area contributed by atoms with Gasteiger partial charge in [0.05, 0.1) is 31.3 Å². The van der Waals surface area contributed by atoms with E-state index in [1.54, 1.807) is 18.7 Å². The van der Waals surface area contributed by atoms with Gasteiger partial charge in [0.2, 0.25) is 5.91 Å². The molecule has 8 nitrogen and oxygen atoms in total. The highest BCUT2D eigenvalue weighted by molar-refractivity contribution is 8.03. The molecular formula is C20H29N4O4S+. The minimum atomic E-state index is -1.06. The van der Waals surface area contributed by atoms with E-state index in [1.165, 1.54) is 10.5 Å². The Bertz CT molecular complexity index is 860. The molecule has 0 aromatic carbocycles. The fourth-order valence-electron chi connectivity index (χ4n) is 4.97. The molecule has 158 valence electrons. The van der Waals surface area contributed by atoms with Crippen LogP contribution in [0.4, 0.5) is 0 Å². The number of carbonyl (C=O) groups is 2. The van der Waals surface area contributed by atoms with E-state index in [4.69, 9.17) is 0 Å². The summed E-state index contributed by atoms with van der Waals surface area (Å²) < 4.78 is 4.08. The molecule has 1 aromatic heterocycles. The van der Waals surface area contributed by atoms with E-state index < -0.39 is 18.0 Å². The van der Waals surface area contributed by atoms with Crippen molar-refractivity contribution in [3.05, 3.63) is 28.6 Å². The third-order valence-corrected chi connectivity index (χ3v) is 7.98. The van der Waals surface area contributed by atoms with Gasteiger partial charge >= 0.3 is 5.97 Å². The Labute approximate surface area is 174 Å². The number of aromatic nitrogens is 2. The van der Waals surface area contributed by atoms with Gasteiger partial charge in [0.1, 0.15) is 5.70 Å². The Hall–Kier alpha value is -1.84. The van der Waals surface area contributed by atoms with Gasteiger partial charge in [0, 0.05) is 34.2 Å². The van der Waals surface area contributed by atoms with Gasteiger partial charge in [-0.25, -0.2) is 4.79 Å². The second-order valence-electron chi connectivity index (χ2n) is 8.54. The van der Waals surface area contributed by atoms with Crippen molar-refractivity contribution < 1.29 is 24.5 Å². The lowest BCUT2D eigenvalue weighted by atomic mass is 9.79. The third-order valence-electron chi connectivity index (χ3n) is 6.47. The first-order valence-corrected chi connectivity index (χ1v) is 11.0. The van der Waals surface area contributed by atoms with Crippen molar-refractivity contribution in [3.8, 4) is 0 Å². The number of hydrogen-bond donors (Lipinski definition) is 3. The smallest absolute Gasteiger partial charge is 0.353 e. The highest BCUT2D eigenvalue weighted by atomic mass is 32.2.